The van der Waals surface area contributed by atoms with Crippen molar-refractivity contribution in [2.75, 3.05) is 12.8 Å². The summed E-state index contributed by atoms with van der Waals surface area (Å²) in [6.07, 6.45) is 0.632. The molecule has 0 fully saturated rings. The summed E-state index contributed by atoms with van der Waals surface area (Å²) < 4.78 is 10.8. The van der Waals surface area contributed by atoms with E-state index in [0.717, 1.165) is 5.56 Å². The predicted octanol–water partition coefficient (Wildman–Crippen LogP) is 1.94. The number of carbonyl (C=O) groups excluding carboxylic acids is 1. The molecule has 6 nitrogen and oxygen atoms in total. The minimum atomic E-state index is -0.902. The molecule has 1 aromatic carbocycles. The lowest BCUT2D eigenvalue weighted by atomic mass is 10.2. The summed E-state index contributed by atoms with van der Waals surface area (Å²) in [4.78, 5) is 15.4. The number of rotatable bonds is 5. The molecule has 4 N–H and O–H groups in total. The molecular weight excluding hydrogens is 270 g/mol. The normalized spacial score (nSPS) is 11.9. The van der Waals surface area contributed by atoms with Gasteiger partial charge in [-0.1, -0.05) is 0 Å². The van der Waals surface area contributed by atoms with Crippen molar-refractivity contribution in [3.63, 3.8) is 0 Å². The van der Waals surface area contributed by atoms with Crippen LogP contribution in [0.3, 0.4) is 0 Å². The molecule has 0 aliphatic carbocycles. The minimum absolute atomic E-state index is 0.399. The van der Waals surface area contributed by atoms with Crippen LogP contribution in [0.2, 0.25) is 0 Å². The van der Waals surface area contributed by atoms with E-state index in [9.17, 15) is 4.79 Å². The van der Waals surface area contributed by atoms with Crippen molar-refractivity contribution in [2.45, 2.75) is 13.0 Å². The van der Waals surface area contributed by atoms with Gasteiger partial charge in [0.1, 0.15) is 11.5 Å². The summed E-state index contributed by atoms with van der Waals surface area (Å²) in [5.74, 6) is 0.608. The number of pyridine rings is 1. The lowest BCUT2D eigenvalue weighted by Crippen LogP contribution is -2.23. The number of anilines is 1. The first-order chi connectivity index (χ1) is 10.0. The Labute approximate surface area is 122 Å². The molecular formula is C15H17N3O3. The molecule has 2 rings (SSSR count). The molecule has 0 spiro atoms. The molecule has 1 amide bonds. The standard InChI is InChI=1S/C15H17N3O3/c1-9-7-10(16)3-4-13(9)21-11-5-6-18-12(8-11)14(20-2)15(17)19/h3-8,14H,16H2,1-2H3,(H2,17,19). The molecule has 0 radical (unpaired) electrons. The van der Waals surface area contributed by atoms with Crippen LogP contribution in [-0.2, 0) is 9.53 Å². The number of nitrogens with two attached hydrogens (primary N) is 2. The average Bonchev–Trinajstić information content (AvgIpc) is 2.43. The summed E-state index contributed by atoms with van der Waals surface area (Å²) >= 11 is 0. The molecule has 1 unspecified atom stereocenters. The Bertz CT molecular complexity index is 658. The van der Waals surface area contributed by atoms with Crippen LogP contribution in [0.1, 0.15) is 17.4 Å². The number of aromatic nitrogens is 1. The highest BCUT2D eigenvalue weighted by atomic mass is 16.5. The number of primary amides is 1. The molecule has 21 heavy (non-hydrogen) atoms. The average molecular weight is 287 g/mol. The van der Waals surface area contributed by atoms with Crippen molar-refractivity contribution in [1.29, 1.82) is 0 Å². The predicted molar refractivity (Wildman–Crippen MR) is 78.8 cm³/mol. The smallest absolute Gasteiger partial charge is 0.252 e. The number of methoxy groups -OCH3 is 1. The molecule has 1 heterocycles. The van der Waals surface area contributed by atoms with Gasteiger partial charge in [-0.25, -0.2) is 0 Å². The third-order valence-electron chi connectivity index (χ3n) is 2.94. The van der Waals surface area contributed by atoms with E-state index < -0.39 is 12.0 Å². The van der Waals surface area contributed by atoms with E-state index in [2.05, 4.69) is 4.98 Å². The molecule has 0 aliphatic heterocycles. The first-order valence-corrected chi connectivity index (χ1v) is 6.33. The molecule has 2 aromatic rings. The third-order valence-corrected chi connectivity index (χ3v) is 2.94. The van der Waals surface area contributed by atoms with Crippen molar-refractivity contribution >= 4 is 11.6 Å². The first-order valence-electron chi connectivity index (χ1n) is 6.33. The zero-order chi connectivity index (χ0) is 15.4. The van der Waals surface area contributed by atoms with E-state index in [1.807, 2.05) is 13.0 Å². The fourth-order valence-electron chi connectivity index (χ4n) is 1.93. The van der Waals surface area contributed by atoms with Gasteiger partial charge in [0, 0.05) is 25.1 Å². The third kappa shape index (κ3) is 3.49. The van der Waals surface area contributed by atoms with Crippen LogP contribution in [0.5, 0.6) is 11.5 Å². The largest absolute Gasteiger partial charge is 0.457 e. The van der Waals surface area contributed by atoms with Crippen LogP contribution in [0.4, 0.5) is 5.69 Å². The number of nitrogen functional groups attached to an aromatic ring is 1. The lowest BCUT2D eigenvalue weighted by molar-refractivity contribution is -0.128. The summed E-state index contributed by atoms with van der Waals surface area (Å²) in [7, 11) is 1.40. The Hall–Kier alpha value is -2.60. The highest BCUT2D eigenvalue weighted by molar-refractivity contribution is 5.80. The quantitative estimate of drug-likeness (QED) is 0.818. The van der Waals surface area contributed by atoms with E-state index in [1.165, 1.54) is 13.3 Å². The number of ether oxygens (including phenoxy) is 2. The minimum Gasteiger partial charge on any atom is -0.457 e. The van der Waals surface area contributed by atoms with Crippen LogP contribution in [-0.4, -0.2) is 18.0 Å². The van der Waals surface area contributed by atoms with Crippen molar-refractivity contribution in [2.24, 2.45) is 5.73 Å². The Kier molecular flexibility index (Phi) is 4.39. The molecule has 1 aromatic heterocycles. The van der Waals surface area contributed by atoms with Crippen molar-refractivity contribution in [3.8, 4) is 11.5 Å². The van der Waals surface area contributed by atoms with E-state index in [0.29, 0.717) is 22.9 Å². The second-order valence-electron chi connectivity index (χ2n) is 4.56. The topological polar surface area (TPSA) is 100 Å². The number of carbonyl (C=O) groups is 1. The molecule has 0 saturated carbocycles. The van der Waals surface area contributed by atoms with Gasteiger partial charge in [0.05, 0.1) is 5.69 Å². The van der Waals surface area contributed by atoms with Gasteiger partial charge in [0.2, 0.25) is 0 Å². The zero-order valence-electron chi connectivity index (χ0n) is 11.9. The number of amides is 1. The van der Waals surface area contributed by atoms with Crippen LogP contribution in [0.15, 0.2) is 36.5 Å². The summed E-state index contributed by atoms with van der Waals surface area (Å²) in [6, 6.07) is 8.67. The zero-order valence-corrected chi connectivity index (χ0v) is 11.9. The van der Waals surface area contributed by atoms with E-state index in [1.54, 1.807) is 24.3 Å². The Balaban J connectivity index is 2.27. The molecule has 0 bridgehead atoms. The maximum absolute atomic E-state index is 11.3. The van der Waals surface area contributed by atoms with Crippen molar-refractivity contribution in [1.82, 2.24) is 4.98 Å². The molecule has 0 saturated heterocycles. The first kappa shape index (κ1) is 14.8. The Morgan fingerprint density at radius 2 is 2.05 bits per heavy atom. The fraction of sp³-hybridized carbons (Fsp3) is 0.200. The highest BCUT2D eigenvalue weighted by Gasteiger charge is 2.19. The van der Waals surface area contributed by atoms with Crippen molar-refractivity contribution < 1.29 is 14.3 Å². The monoisotopic (exact) mass is 287 g/mol. The van der Waals surface area contributed by atoms with Gasteiger partial charge >= 0.3 is 0 Å². The van der Waals surface area contributed by atoms with Crippen LogP contribution in [0, 0.1) is 6.92 Å². The lowest BCUT2D eigenvalue weighted by Gasteiger charge is -2.13. The van der Waals surface area contributed by atoms with Crippen LogP contribution < -0.4 is 16.2 Å². The second-order valence-corrected chi connectivity index (χ2v) is 4.56. The number of aryl methyl sites for hydroxylation is 1. The maximum atomic E-state index is 11.3. The molecule has 1 atom stereocenters. The fourth-order valence-corrected chi connectivity index (χ4v) is 1.93. The van der Waals surface area contributed by atoms with Gasteiger partial charge in [-0.05, 0) is 36.8 Å². The van der Waals surface area contributed by atoms with Gasteiger partial charge in [-0.15, -0.1) is 0 Å². The highest BCUT2D eigenvalue weighted by Crippen LogP contribution is 2.27. The van der Waals surface area contributed by atoms with Gasteiger partial charge in [0.25, 0.3) is 5.91 Å². The number of nitrogens with zero attached hydrogens (tertiary/aromatic N) is 1. The molecule has 0 aliphatic rings. The number of hydrogen-bond donors (Lipinski definition) is 2. The molecule has 110 valence electrons. The van der Waals surface area contributed by atoms with Gasteiger partial charge in [-0.2, -0.15) is 0 Å². The maximum Gasteiger partial charge on any atom is 0.252 e. The second kappa shape index (κ2) is 6.23. The van der Waals surface area contributed by atoms with Crippen LogP contribution in [0.25, 0.3) is 0 Å². The SMILES string of the molecule is COC(C(N)=O)c1cc(Oc2ccc(N)cc2C)ccn1. The van der Waals surface area contributed by atoms with E-state index in [4.69, 9.17) is 20.9 Å². The molecule has 6 heteroatoms. The van der Waals surface area contributed by atoms with Gasteiger partial charge in [-0.3, -0.25) is 9.78 Å². The number of benzene rings is 1. The summed E-state index contributed by atoms with van der Waals surface area (Å²) in [5, 5.41) is 0. The van der Waals surface area contributed by atoms with E-state index in [-0.39, 0.29) is 0 Å². The number of hydrogen-bond acceptors (Lipinski definition) is 5. The van der Waals surface area contributed by atoms with Gasteiger partial charge in [0.15, 0.2) is 6.10 Å². The Morgan fingerprint density at radius 3 is 2.67 bits per heavy atom. The van der Waals surface area contributed by atoms with E-state index >= 15 is 0 Å². The van der Waals surface area contributed by atoms with Crippen LogP contribution >= 0.6 is 0 Å². The summed E-state index contributed by atoms with van der Waals surface area (Å²) in [6.45, 7) is 1.90. The summed E-state index contributed by atoms with van der Waals surface area (Å²) in [5.41, 5.74) is 12.9. The Morgan fingerprint density at radius 1 is 1.29 bits per heavy atom. The van der Waals surface area contributed by atoms with Gasteiger partial charge < -0.3 is 20.9 Å². The van der Waals surface area contributed by atoms with Crippen molar-refractivity contribution in [3.05, 3.63) is 47.8 Å².